The first-order chi connectivity index (χ1) is 8.42. The molecule has 0 aliphatic carbocycles. The summed E-state index contributed by atoms with van der Waals surface area (Å²) in [6.07, 6.45) is 0. The van der Waals surface area contributed by atoms with Crippen LogP contribution in [0.25, 0.3) is 0 Å². The third kappa shape index (κ3) is 4.64. The summed E-state index contributed by atoms with van der Waals surface area (Å²) in [5.74, 6) is 2.22. The summed E-state index contributed by atoms with van der Waals surface area (Å²) in [4.78, 5) is 14.7. The zero-order chi connectivity index (χ0) is 13.7. The van der Waals surface area contributed by atoms with Crippen molar-refractivity contribution < 1.29 is 0 Å². The molecule has 6 heteroatoms. The highest BCUT2D eigenvalue weighted by molar-refractivity contribution is 6.28. The van der Waals surface area contributed by atoms with E-state index in [2.05, 4.69) is 52.9 Å². The van der Waals surface area contributed by atoms with Crippen molar-refractivity contribution >= 4 is 23.5 Å². The number of halogens is 1. The Labute approximate surface area is 114 Å². The molecule has 102 valence electrons. The highest BCUT2D eigenvalue weighted by Gasteiger charge is 2.15. The predicted molar refractivity (Wildman–Crippen MR) is 76.3 cm³/mol. The van der Waals surface area contributed by atoms with Crippen molar-refractivity contribution in [1.29, 1.82) is 0 Å². The van der Waals surface area contributed by atoms with E-state index in [0.29, 0.717) is 23.7 Å². The smallest absolute Gasteiger partial charge is 0.231 e. The summed E-state index contributed by atoms with van der Waals surface area (Å²) in [6.45, 7) is 10.5. The second-order valence-corrected chi connectivity index (χ2v) is 5.51. The second-order valence-electron chi connectivity index (χ2n) is 5.17. The number of hydrogen-bond donors (Lipinski definition) is 1. The molecule has 1 rings (SSSR count). The summed E-state index contributed by atoms with van der Waals surface area (Å²) < 4.78 is 0. The summed E-state index contributed by atoms with van der Waals surface area (Å²) in [5, 5.41) is 3.12. The molecule has 0 radical (unpaired) electrons. The van der Waals surface area contributed by atoms with E-state index in [9.17, 15) is 0 Å². The van der Waals surface area contributed by atoms with Gasteiger partial charge in [0.05, 0.1) is 0 Å². The minimum Gasteiger partial charge on any atom is -0.357 e. The topological polar surface area (TPSA) is 53.9 Å². The van der Waals surface area contributed by atoms with Crippen LogP contribution in [0.5, 0.6) is 0 Å². The van der Waals surface area contributed by atoms with Crippen molar-refractivity contribution in [2.75, 3.05) is 30.4 Å². The van der Waals surface area contributed by atoms with E-state index < -0.39 is 0 Å². The van der Waals surface area contributed by atoms with Crippen molar-refractivity contribution in [3.63, 3.8) is 0 Å². The molecule has 18 heavy (non-hydrogen) atoms. The van der Waals surface area contributed by atoms with Gasteiger partial charge >= 0.3 is 0 Å². The number of aromatic nitrogens is 3. The molecule has 1 heterocycles. The molecule has 0 amide bonds. The predicted octanol–water partition coefficient (Wildman–Crippen LogP) is 2.69. The van der Waals surface area contributed by atoms with Crippen LogP contribution < -0.4 is 10.2 Å². The van der Waals surface area contributed by atoms with Gasteiger partial charge in [0, 0.05) is 20.1 Å². The molecule has 1 N–H and O–H groups in total. The number of nitrogens with one attached hydrogen (secondary N) is 1. The molecule has 0 unspecified atom stereocenters. The second kappa shape index (κ2) is 6.73. The molecular weight excluding hydrogens is 250 g/mol. The van der Waals surface area contributed by atoms with Crippen LogP contribution in [0.2, 0.25) is 5.28 Å². The zero-order valence-corrected chi connectivity index (χ0v) is 12.5. The minimum atomic E-state index is 0.224. The monoisotopic (exact) mass is 271 g/mol. The summed E-state index contributed by atoms with van der Waals surface area (Å²) in [5.41, 5.74) is 0. The molecule has 0 bridgehead atoms. The summed E-state index contributed by atoms with van der Waals surface area (Å²) in [6, 6.07) is 0. The van der Waals surface area contributed by atoms with Crippen LogP contribution in [0.3, 0.4) is 0 Å². The fourth-order valence-corrected chi connectivity index (χ4v) is 1.87. The van der Waals surface area contributed by atoms with Crippen molar-refractivity contribution in [3.8, 4) is 0 Å². The fourth-order valence-electron chi connectivity index (χ4n) is 1.71. The first-order valence-corrected chi connectivity index (χ1v) is 6.64. The lowest BCUT2D eigenvalue weighted by molar-refractivity contribution is 0.543. The van der Waals surface area contributed by atoms with E-state index in [1.54, 1.807) is 7.05 Å². The fraction of sp³-hybridized carbons (Fsp3) is 0.750. The lowest BCUT2D eigenvalue weighted by Gasteiger charge is -2.26. The molecule has 0 fully saturated rings. The lowest BCUT2D eigenvalue weighted by Crippen LogP contribution is -2.33. The van der Waals surface area contributed by atoms with Gasteiger partial charge in [-0.2, -0.15) is 15.0 Å². The summed E-state index contributed by atoms with van der Waals surface area (Å²) >= 11 is 5.92. The first-order valence-electron chi connectivity index (χ1n) is 6.26. The van der Waals surface area contributed by atoms with E-state index in [1.807, 2.05) is 0 Å². The Hall–Kier alpha value is -1.10. The average molecular weight is 272 g/mol. The highest BCUT2D eigenvalue weighted by atomic mass is 35.5. The Bertz CT molecular complexity index is 371. The van der Waals surface area contributed by atoms with Gasteiger partial charge in [-0.25, -0.2) is 0 Å². The largest absolute Gasteiger partial charge is 0.357 e. The van der Waals surface area contributed by atoms with Crippen LogP contribution in [0, 0.1) is 11.8 Å². The Kier molecular flexibility index (Phi) is 5.59. The third-order valence-corrected chi connectivity index (χ3v) is 2.44. The van der Waals surface area contributed by atoms with E-state index >= 15 is 0 Å². The molecular formula is C12H22ClN5. The maximum Gasteiger partial charge on any atom is 0.231 e. The molecule has 1 aromatic rings. The van der Waals surface area contributed by atoms with Crippen LogP contribution in [-0.4, -0.2) is 35.1 Å². The summed E-state index contributed by atoms with van der Waals surface area (Å²) in [7, 11) is 1.77. The van der Waals surface area contributed by atoms with Crippen LogP contribution in [0.15, 0.2) is 0 Å². The van der Waals surface area contributed by atoms with Crippen molar-refractivity contribution in [2.45, 2.75) is 27.7 Å². The third-order valence-electron chi connectivity index (χ3n) is 2.27. The van der Waals surface area contributed by atoms with Gasteiger partial charge in [0.25, 0.3) is 0 Å². The van der Waals surface area contributed by atoms with Gasteiger partial charge in [0.1, 0.15) is 0 Å². The van der Waals surface area contributed by atoms with Crippen molar-refractivity contribution in [1.82, 2.24) is 15.0 Å². The van der Waals surface area contributed by atoms with Crippen LogP contribution in [-0.2, 0) is 0 Å². The van der Waals surface area contributed by atoms with Gasteiger partial charge < -0.3 is 10.2 Å². The van der Waals surface area contributed by atoms with E-state index in [4.69, 9.17) is 11.6 Å². The molecule has 1 aromatic heterocycles. The first kappa shape index (κ1) is 15.0. The maximum atomic E-state index is 5.92. The lowest BCUT2D eigenvalue weighted by atomic mass is 10.1. The number of rotatable bonds is 6. The van der Waals surface area contributed by atoms with E-state index in [-0.39, 0.29) is 5.28 Å². The van der Waals surface area contributed by atoms with Gasteiger partial charge in [-0.05, 0) is 23.4 Å². The highest BCUT2D eigenvalue weighted by Crippen LogP contribution is 2.16. The number of hydrogen-bond acceptors (Lipinski definition) is 5. The Morgan fingerprint density at radius 2 is 1.61 bits per heavy atom. The molecule has 0 saturated carbocycles. The van der Waals surface area contributed by atoms with Crippen molar-refractivity contribution in [2.24, 2.45) is 11.8 Å². The number of nitrogens with zero attached hydrogens (tertiary/aromatic N) is 4. The molecule has 0 aromatic carbocycles. The average Bonchev–Trinajstić information content (AvgIpc) is 2.26. The van der Waals surface area contributed by atoms with Gasteiger partial charge in [-0.3, -0.25) is 0 Å². The van der Waals surface area contributed by atoms with Crippen molar-refractivity contribution in [3.05, 3.63) is 5.28 Å². The van der Waals surface area contributed by atoms with Crippen LogP contribution in [0.4, 0.5) is 11.9 Å². The van der Waals surface area contributed by atoms with Gasteiger partial charge in [-0.15, -0.1) is 0 Å². The Balaban J connectivity index is 2.99. The van der Waals surface area contributed by atoms with Crippen LogP contribution >= 0.6 is 11.6 Å². The SMILES string of the molecule is CNc1nc(Cl)nc(N(CC(C)C)CC(C)C)n1. The molecule has 0 aliphatic heterocycles. The molecule has 0 saturated heterocycles. The molecule has 0 spiro atoms. The van der Waals surface area contributed by atoms with E-state index in [0.717, 1.165) is 13.1 Å². The normalized spacial score (nSPS) is 11.1. The number of anilines is 2. The molecule has 0 atom stereocenters. The minimum absolute atomic E-state index is 0.224. The Morgan fingerprint density at radius 3 is 2.06 bits per heavy atom. The zero-order valence-electron chi connectivity index (χ0n) is 11.7. The Morgan fingerprint density at radius 1 is 1.06 bits per heavy atom. The quantitative estimate of drug-likeness (QED) is 0.862. The standard InChI is InChI=1S/C12H22ClN5/c1-8(2)6-18(7-9(3)4)12-16-10(13)15-11(14-5)17-12/h8-9H,6-7H2,1-5H3,(H,14,15,16,17). The van der Waals surface area contributed by atoms with Crippen LogP contribution in [0.1, 0.15) is 27.7 Å². The van der Waals surface area contributed by atoms with Gasteiger partial charge in [-0.1, -0.05) is 27.7 Å². The molecule has 5 nitrogen and oxygen atoms in total. The van der Waals surface area contributed by atoms with Gasteiger partial charge in [0.2, 0.25) is 17.2 Å². The van der Waals surface area contributed by atoms with Gasteiger partial charge in [0.15, 0.2) is 0 Å². The molecule has 0 aliphatic rings. The maximum absolute atomic E-state index is 5.92. The van der Waals surface area contributed by atoms with E-state index in [1.165, 1.54) is 0 Å².